The number of carbonyl (C=O) groups excluding carboxylic acids is 2. The average Bonchev–Trinajstić information content (AvgIpc) is 2.91. The number of morpholine rings is 1. The zero-order valence-electron chi connectivity index (χ0n) is 16.4. The van der Waals surface area contributed by atoms with Crippen LogP contribution in [-0.2, 0) is 14.3 Å². The van der Waals surface area contributed by atoms with Crippen molar-refractivity contribution in [3.63, 3.8) is 0 Å². The summed E-state index contributed by atoms with van der Waals surface area (Å²) in [4.78, 5) is 28.8. The van der Waals surface area contributed by atoms with Crippen molar-refractivity contribution in [1.29, 1.82) is 0 Å². The maximum atomic E-state index is 12.8. The molecule has 0 spiro atoms. The molecule has 2 heterocycles. The third kappa shape index (κ3) is 4.93. The van der Waals surface area contributed by atoms with E-state index in [-0.39, 0.29) is 16.5 Å². The van der Waals surface area contributed by atoms with Gasteiger partial charge < -0.3 is 9.47 Å². The van der Waals surface area contributed by atoms with Crippen LogP contribution in [0.3, 0.4) is 0 Å². The van der Waals surface area contributed by atoms with Crippen molar-refractivity contribution >= 4 is 29.0 Å². The van der Waals surface area contributed by atoms with Crippen LogP contribution in [0.25, 0.3) is 5.57 Å². The summed E-state index contributed by atoms with van der Waals surface area (Å²) in [6.45, 7) is 9.21. The molecule has 28 heavy (non-hydrogen) atoms. The molecule has 1 fully saturated rings. The largest absolute Gasteiger partial charge is 0.493 e. The number of rotatable bonds is 8. The van der Waals surface area contributed by atoms with Gasteiger partial charge in [-0.05, 0) is 30.0 Å². The van der Waals surface area contributed by atoms with E-state index in [0.29, 0.717) is 24.6 Å². The number of imide groups is 1. The van der Waals surface area contributed by atoms with E-state index in [2.05, 4.69) is 18.7 Å². The Bertz CT molecular complexity index is 739. The Hall–Kier alpha value is -1.89. The molecule has 152 valence electrons. The molecule has 2 aliphatic rings. The maximum absolute atomic E-state index is 12.8. The van der Waals surface area contributed by atoms with Crippen LogP contribution in [0.5, 0.6) is 5.75 Å². The van der Waals surface area contributed by atoms with Crippen LogP contribution >= 0.6 is 11.6 Å². The second kappa shape index (κ2) is 9.54. The van der Waals surface area contributed by atoms with Crippen LogP contribution < -0.4 is 4.74 Å². The predicted molar refractivity (Wildman–Crippen MR) is 108 cm³/mol. The van der Waals surface area contributed by atoms with E-state index in [1.165, 1.54) is 4.90 Å². The Morgan fingerprint density at radius 2 is 1.75 bits per heavy atom. The molecule has 2 amide bonds. The fourth-order valence-electron chi connectivity index (χ4n) is 3.26. The number of hydrogen-bond donors (Lipinski definition) is 0. The highest BCUT2D eigenvalue weighted by molar-refractivity contribution is 6.55. The molecule has 0 N–H and O–H groups in total. The molecule has 7 heteroatoms. The molecule has 1 aromatic carbocycles. The topological polar surface area (TPSA) is 59.1 Å². The molecule has 0 saturated carbocycles. The highest BCUT2D eigenvalue weighted by atomic mass is 35.5. The second-order valence-electron chi connectivity index (χ2n) is 7.49. The molecule has 0 aliphatic carbocycles. The molecule has 0 unspecified atom stereocenters. The van der Waals surface area contributed by atoms with Crippen LogP contribution in [0.1, 0.15) is 25.8 Å². The Morgan fingerprint density at radius 3 is 2.39 bits per heavy atom. The van der Waals surface area contributed by atoms with E-state index < -0.39 is 5.91 Å². The molecule has 1 saturated heterocycles. The molecule has 1 aromatic rings. The summed E-state index contributed by atoms with van der Waals surface area (Å²) in [7, 11) is 0. The van der Waals surface area contributed by atoms with Gasteiger partial charge >= 0.3 is 0 Å². The summed E-state index contributed by atoms with van der Waals surface area (Å²) in [6, 6.07) is 7.15. The summed E-state index contributed by atoms with van der Waals surface area (Å²) in [5.74, 6) is 0.418. The van der Waals surface area contributed by atoms with Gasteiger partial charge in [-0.15, -0.1) is 0 Å². The van der Waals surface area contributed by atoms with Gasteiger partial charge in [0, 0.05) is 26.2 Å². The third-order valence-electron chi connectivity index (χ3n) is 4.80. The van der Waals surface area contributed by atoms with Crippen molar-refractivity contribution < 1.29 is 19.1 Å². The molecule has 0 aromatic heterocycles. The van der Waals surface area contributed by atoms with Gasteiger partial charge in [0.15, 0.2) is 0 Å². The van der Waals surface area contributed by atoms with Gasteiger partial charge in [-0.3, -0.25) is 19.4 Å². The fraction of sp³-hybridized carbons (Fsp3) is 0.524. The lowest BCUT2D eigenvalue weighted by Crippen LogP contribution is -2.39. The summed E-state index contributed by atoms with van der Waals surface area (Å²) in [5.41, 5.74) is 0.907. The lowest BCUT2D eigenvalue weighted by molar-refractivity contribution is -0.136. The Morgan fingerprint density at radius 1 is 1.07 bits per heavy atom. The van der Waals surface area contributed by atoms with Crippen molar-refractivity contribution in [3.05, 3.63) is 34.9 Å². The molecule has 3 rings (SSSR count). The highest BCUT2D eigenvalue weighted by Crippen LogP contribution is 2.32. The SMILES string of the molecule is CC(C)COc1ccc(C2=C(Cl)C(=O)N(CCCN3CCOCC3)C2=O)cc1. The number of benzene rings is 1. The van der Waals surface area contributed by atoms with Gasteiger partial charge in [0.25, 0.3) is 11.8 Å². The van der Waals surface area contributed by atoms with Crippen molar-refractivity contribution in [1.82, 2.24) is 9.80 Å². The minimum Gasteiger partial charge on any atom is -0.493 e. The van der Waals surface area contributed by atoms with E-state index in [1.54, 1.807) is 24.3 Å². The van der Waals surface area contributed by atoms with E-state index in [1.807, 2.05) is 0 Å². The van der Waals surface area contributed by atoms with Gasteiger partial charge in [0.1, 0.15) is 10.8 Å². The third-order valence-corrected chi connectivity index (χ3v) is 5.15. The van der Waals surface area contributed by atoms with Crippen molar-refractivity contribution in [3.8, 4) is 5.75 Å². The van der Waals surface area contributed by atoms with Crippen LogP contribution in [0.15, 0.2) is 29.3 Å². The Balaban J connectivity index is 1.60. The summed E-state index contributed by atoms with van der Waals surface area (Å²) >= 11 is 6.23. The smallest absolute Gasteiger partial charge is 0.273 e. The molecule has 2 aliphatic heterocycles. The highest BCUT2D eigenvalue weighted by Gasteiger charge is 2.37. The Labute approximate surface area is 171 Å². The minimum atomic E-state index is -0.413. The van der Waals surface area contributed by atoms with Gasteiger partial charge in [0.2, 0.25) is 0 Å². The van der Waals surface area contributed by atoms with Crippen molar-refractivity contribution in [2.75, 3.05) is 46.0 Å². The zero-order chi connectivity index (χ0) is 20.1. The molecule has 0 radical (unpaired) electrons. The lowest BCUT2D eigenvalue weighted by atomic mass is 10.1. The van der Waals surface area contributed by atoms with Crippen LogP contribution in [-0.4, -0.2) is 67.6 Å². The van der Waals surface area contributed by atoms with Gasteiger partial charge in [-0.25, -0.2) is 0 Å². The number of nitrogens with zero attached hydrogens (tertiary/aromatic N) is 2. The summed E-state index contributed by atoms with van der Waals surface area (Å²) in [5, 5.41) is -0.00720. The van der Waals surface area contributed by atoms with E-state index in [4.69, 9.17) is 21.1 Å². The van der Waals surface area contributed by atoms with Gasteiger partial charge in [0.05, 0.1) is 25.4 Å². The van der Waals surface area contributed by atoms with E-state index >= 15 is 0 Å². The van der Waals surface area contributed by atoms with Crippen LogP contribution in [0.2, 0.25) is 0 Å². The zero-order valence-corrected chi connectivity index (χ0v) is 17.2. The quantitative estimate of drug-likeness (QED) is 0.621. The average molecular weight is 407 g/mol. The first-order chi connectivity index (χ1) is 13.5. The van der Waals surface area contributed by atoms with Gasteiger partial charge in [-0.2, -0.15) is 0 Å². The lowest BCUT2D eigenvalue weighted by Gasteiger charge is -2.27. The van der Waals surface area contributed by atoms with E-state index in [0.717, 1.165) is 45.0 Å². The van der Waals surface area contributed by atoms with Gasteiger partial charge in [-0.1, -0.05) is 37.6 Å². The van der Waals surface area contributed by atoms with Crippen molar-refractivity contribution in [2.24, 2.45) is 5.92 Å². The summed E-state index contributed by atoms with van der Waals surface area (Å²) in [6.07, 6.45) is 0.719. The standard InChI is InChI=1S/C21H27ClN2O4/c1-15(2)14-28-17-6-4-16(5-7-17)18-19(22)21(26)24(20(18)25)9-3-8-23-10-12-27-13-11-23/h4-7,15H,3,8-14H2,1-2H3. The summed E-state index contributed by atoms with van der Waals surface area (Å²) < 4.78 is 11.0. The maximum Gasteiger partial charge on any atom is 0.273 e. The molecule has 0 bridgehead atoms. The van der Waals surface area contributed by atoms with Crippen LogP contribution in [0, 0.1) is 5.92 Å². The van der Waals surface area contributed by atoms with E-state index in [9.17, 15) is 9.59 Å². The second-order valence-corrected chi connectivity index (χ2v) is 7.87. The number of halogens is 1. The number of ether oxygens (including phenoxy) is 2. The van der Waals surface area contributed by atoms with Crippen LogP contribution in [0.4, 0.5) is 0 Å². The molecular weight excluding hydrogens is 380 g/mol. The monoisotopic (exact) mass is 406 g/mol. The molecular formula is C21H27ClN2O4. The fourth-order valence-corrected chi connectivity index (χ4v) is 3.55. The number of carbonyl (C=O) groups is 2. The Kier molecular flexibility index (Phi) is 7.10. The first-order valence-electron chi connectivity index (χ1n) is 9.76. The normalized spacial score (nSPS) is 18.5. The predicted octanol–water partition coefficient (Wildman–Crippen LogP) is 2.76. The molecule has 6 nitrogen and oxygen atoms in total. The first kappa shape index (κ1) is 20.8. The molecule has 0 atom stereocenters. The number of amides is 2. The minimum absolute atomic E-state index is 0.00720. The first-order valence-corrected chi connectivity index (χ1v) is 10.1. The number of hydrogen-bond acceptors (Lipinski definition) is 5. The van der Waals surface area contributed by atoms with Crippen molar-refractivity contribution in [2.45, 2.75) is 20.3 Å².